The molecule has 0 radical (unpaired) electrons. The van der Waals surface area contributed by atoms with Crippen LogP contribution in [-0.2, 0) is 14.3 Å². The van der Waals surface area contributed by atoms with Crippen LogP contribution in [-0.4, -0.2) is 47.4 Å². The minimum Gasteiger partial charge on any atom is -0.466 e. The number of aliphatic hydroxyl groups is 2. The molecule has 370 valence electrons. The predicted octanol–water partition coefficient (Wildman–Crippen LogP) is 16.9. The largest absolute Gasteiger partial charge is 0.466 e. The zero-order valence-corrected chi connectivity index (χ0v) is 42.1. The Bertz CT molecular complexity index is 1020. The van der Waals surface area contributed by atoms with Crippen LogP contribution in [0, 0.1) is 0 Å². The van der Waals surface area contributed by atoms with Crippen molar-refractivity contribution >= 4 is 11.9 Å². The summed E-state index contributed by atoms with van der Waals surface area (Å²) in [6.07, 6.45) is 64.0. The van der Waals surface area contributed by atoms with Gasteiger partial charge in [0.05, 0.1) is 25.4 Å². The van der Waals surface area contributed by atoms with Crippen LogP contribution in [0.25, 0.3) is 0 Å². The predicted molar refractivity (Wildman–Crippen MR) is 273 cm³/mol. The molecule has 2 atom stereocenters. The van der Waals surface area contributed by atoms with Gasteiger partial charge in [0.2, 0.25) is 5.91 Å². The van der Waals surface area contributed by atoms with Crippen molar-refractivity contribution in [1.29, 1.82) is 0 Å². The van der Waals surface area contributed by atoms with Gasteiger partial charge in [-0.3, -0.25) is 9.59 Å². The number of hydrogen-bond donors (Lipinski definition) is 3. The Labute approximate surface area is 392 Å². The molecule has 0 aliphatic carbocycles. The molecule has 0 saturated carbocycles. The van der Waals surface area contributed by atoms with E-state index in [-0.39, 0.29) is 18.5 Å². The van der Waals surface area contributed by atoms with Crippen LogP contribution in [0.5, 0.6) is 0 Å². The van der Waals surface area contributed by atoms with E-state index < -0.39 is 12.1 Å². The van der Waals surface area contributed by atoms with E-state index in [0.717, 1.165) is 83.5 Å². The van der Waals surface area contributed by atoms with E-state index in [0.29, 0.717) is 25.9 Å². The summed E-state index contributed by atoms with van der Waals surface area (Å²) >= 11 is 0. The monoisotopic (exact) mass is 886 g/mol. The summed E-state index contributed by atoms with van der Waals surface area (Å²) in [5.41, 5.74) is 0. The van der Waals surface area contributed by atoms with E-state index in [1.807, 2.05) is 0 Å². The molecule has 0 heterocycles. The number of allylic oxidation sites excluding steroid dienone is 6. The zero-order valence-electron chi connectivity index (χ0n) is 42.1. The molecule has 3 N–H and O–H groups in total. The SMILES string of the molecule is CCCCC/C=C\C/C=C\CCCCCCCCCC(=O)OCCCCC/C=C\CCCCCCCC(=O)NC(CO)C(O)CCCCCCCCCCCCCCCCCCC. The van der Waals surface area contributed by atoms with Gasteiger partial charge in [0, 0.05) is 12.8 Å². The van der Waals surface area contributed by atoms with Gasteiger partial charge in [0.15, 0.2) is 0 Å². The quantitative estimate of drug-likeness (QED) is 0.0321. The number of hydrogen-bond acceptors (Lipinski definition) is 5. The van der Waals surface area contributed by atoms with Crippen LogP contribution < -0.4 is 5.32 Å². The van der Waals surface area contributed by atoms with Crippen LogP contribution >= 0.6 is 0 Å². The Kier molecular flexibility index (Phi) is 51.1. The highest BCUT2D eigenvalue weighted by atomic mass is 16.5. The van der Waals surface area contributed by atoms with Gasteiger partial charge in [0.25, 0.3) is 0 Å². The Hall–Kier alpha value is -1.92. The molecule has 0 bridgehead atoms. The number of amides is 1. The normalized spacial score (nSPS) is 12.9. The zero-order chi connectivity index (χ0) is 45.8. The Morgan fingerprint density at radius 3 is 1.25 bits per heavy atom. The van der Waals surface area contributed by atoms with Gasteiger partial charge >= 0.3 is 5.97 Å². The van der Waals surface area contributed by atoms with Crippen LogP contribution in [0.3, 0.4) is 0 Å². The van der Waals surface area contributed by atoms with Gasteiger partial charge in [-0.25, -0.2) is 0 Å². The first-order valence-corrected chi connectivity index (χ1v) is 27.7. The van der Waals surface area contributed by atoms with Gasteiger partial charge in [-0.1, -0.05) is 224 Å². The van der Waals surface area contributed by atoms with Crippen molar-refractivity contribution in [2.75, 3.05) is 13.2 Å². The van der Waals surface area contributed by atoms with Gasteiger partial charge in [-0.15, -0.1) is 0 Å². The fraction of sp³-hybridized carbons (Fsp3) is 0.860. The Morgan fingerprint density at radius 1 is 0.444 bits per heavy atom. The number of esters is 1. The minimum absolute atomic E-state index is 0.0305. The lowest BCUT2D eigenvalue weighted by atomic mass is 10.0. The number of carbonyl (C=O) groups excluding carboxylic acids is 2. The van der Waals surface area contributed by atoms with Crippen molar-refractivity contribution in [3.05, 3.63) is 36.5 Å². The van der Waals surface area contributed by atoms with Crippen molar-refractivity contribution in [2.45, 2.75) is 302 Å². The molecule has 0 aromatic carbocycles. The van der Waals surface area contributed by atoms with Crippen molar-refractivity contribution in [3.63, 3.8) is 0 Å². The van der Waals surface area contributed by atoms with Crippen LogP contribution in [0.15, 0.2) is 36.5 Å². The molecular formula is C57H107NO5. The molecule has 0 aliphatic rings. The van der Waals surface area contributed by atoms with E-state index >= 15 is 0 Å². The van der Waals surface area contributed by atoms with E-state index in [1.165, 1.54) is 173 Å². The third-order valence-corrected chi connectivity index (χ3v) is 12.7. The molecule has 63 heavy (non-hydrogen) atoms. The van der Waals surface area contributed by atoms with Crippen LogP contribution in [0.1, 0.15) is 290 Å². The maximum absolute atomic E-state index is 12.5. The number of unbranched alkanes of at least 4 members (excludes halogenated alkanes) is 34. The minimum atomic E-state index is -0.681. The molecule has 0 fully saturated rings. The third kappa shape index (κ3) is 49.4. The number of nitrogens with one attached hydrogen (secondary N) is 1. The lowest BCUT2D eigenvalue weighted by molar-refractivity contribution is -0.143. The standard InChI is InChI=1S/C57H107NO5/c1-3-5-7-9-11-13-15-17-19-21-23-25-29-33-37-41-45-49-55(60)54(53-59)58-56(61)50-46-42-38-34-30-27-28-32-36-40-44-48-52-63-57(62)51-47-43-39-35-31-26-24-22-20-18-16-14-12-10-8-6-4-2/h12,14,18,20,28,32,54-55,59-60H,3-11,13,15-17,19,21-27,29-31,33-53H2,1-2H3,(H,58,61)/b14-12-,20-18-,32-28-. The molecule has 6 nitrogen and oxygen atoms in total. The van der Waals surface area contributed by atoms with Crippen molar-refractivity contribution in [1.82, 2.24) is 5.32 Å². The van der Waals surface area contributed by atoms with Crippen LogP contribution in [0.2, 0.25) is 0 Å². The molecule has 0 aromatic heterocycles. The first-order valence-electron chi connectivity index (χ1n) is 27.7. The lowest BCUT2D eigenvalue weighted by Gasteiger charge is -2.22. The summed E-state index contributed by atoms with van der Waals surface area (Å²) in [5.74, 6) is -0.0909. The molecule has 1 amide bonds. The number of carbonyl (C=O) groups is 2. The molecule has 0 rings (SSSR count). The number of aliphatic hydroxyl groups excluding tert-OH is 2. The second-order valence-corrected chi connectivity index (χ2v) is 18.9. The third-order valence-electron chi connectivity index (χ3n) is 12.7. The van der Waals surface area contributed by atoms with Crippen molar-refractivity contribution < 1.29 is 24.5 Å². The highest BCUT2D eigenvalue weighted by molar-refractivity contribution is 5.76. The molecule has 0 saturated heterocycles. The van der Waals surface area contributed by atoms with Gasteiger partial charge in [-0.05, 0) is 89.9 Å². The highest BCUT2D eigenvalue weighted by Gasteiger charge is 2.20. The van der Waals surface area contributed by atoms with E-state index in [9.17, 15) is 19.8 Å². The van der Waals surface area contributed by atoms with Crippen molar-refractivity contribution in [3.8, 4) is 0 Å². The molecule has 2 unspecified atom stereocenters. The van der Waals surface area contributed by atoms with E-state index in [2.05, 4.69) is 55.6 Å². The maximum atomic E-state index is 12.5. The molecule has 0 aromatic rings. The molecule has 0 aliphatic heterocycles. The van der Waals surface area contributed by atoms with Gasteiger partial charge in [0.1, 0.15) is 0 Å². The summed E-state index contributed by atoms with van der Waals surface area (Å²) in [7, 11) is 0. The lowest BCUT2D eigenvalue weighted by Crippen LogP contribution is -2.45. The van der Waals surface area contributed by atoms with Gasteiger partial charge < -0.3 is 20.3 Å². The molecule has 6 heteroatoms. The number of rotatable bonds is 51. The fourth-order valence-corrected chi connectivity index (χ4v) is 8.37. The summed E-state index contributed by atoms with van der Waals surface area (Å²) in [4.78, 5) is 24.5. The van der Waals surface area contributed by atoms with Gasteiger partial charge in [-0.2, -0.15) is 0 Å². The second-order valence-electron chi connectivity index (χ2n) is 18.9. The number of ether oxygens (including phenoxy) is 1. The summed E-state index contributed by atoms with van der Waals surface area (Å²) in [6, 6.07) is -0.561. The summed E-state index contributed by atoms with van der Waals surface area (Å²) in [5, 5.41) is 23.3. The molecule has 0 spiro atoms. The smallest absolute Gasteiger partial charge is 0.305 e. The highest BCUT2D eigenvalue weighted by Crippen LogP contribution is 2.16. The fourth-order valence-electron chi connectivity index (χ4n) is 8.37. The van der Waals surface area contributed by atoms with E-state index in [1.54, 1.807) is 0 Å². The first kappa shape index (κ1) is 61.1. The Balaban J connectivity index is 3.51. The average molecular weight is 886 g/mol. The van der Waals surface area contributed by atoms with E-state index in [4.69, 9.17) is 4.74 Å². The summed E-state index contributed by atoms with van der Waals surface area (Å²) in [6.45, 7) is 4.87. The maximum Gasteiger partial charge on any atom is 0.305 e. The van der Waals surface area contributed by atoms with Crippen molar-refractivity contribution in [2.24, 2.45) is 0 Å². The average Bonchev–Trinajstić information content (AvgIpc) is 3.28. The Morgan fingerprint density at radius 2 is 0.794 bits per heavy atom. The molecular weight excluding hydrogens is 779 g/mol. The van der Waals surface area contributed by atoms with Crippen LogP contribution in [0.4, 0.5) is 0 Å². The topological polar surface area (TPSA) is 95.9 Å². The second kappa shape index (κ2) is 52.7. The first-order chi connectivity index (χ1) is 31.0. The summed E-state index contributed by atoms with van der Waals surface area (Å²) < 4.78 is 5.45.